The first-order valence-corrected chi connectivity index (χ1v) is 6.96. The molecule has 0 aliphatic carbocycles. The zero-order valence-electron chi connectivity index (χ0n) is 11.9. The lowest BCUT2D eigenvalue weighted by Gasteiger charge is -2.17. The number of benzene rings is 1. The van der Waals surface area contributed by atoms with Crippen LogP contribution in [-0.2, 0) is 0 Å². The minimum Gasteiger partial charge on any atom is -0.496 e. The fourth-order valence-corrected chi connectivity index (χ4v) is 2.39. The number of rotatable bonds is 4. The van der Waals surface area contributed by atoms with Gasteiger partial charge in [0.1, 0.15) is 5.75 Å². The minimum absolute atomic E-state index is 0.0694. The molecule has 0 spiro atoms. The van der Waals surface area contributed by atoms with Gasteiger partial charge in [0.25, 0.3) is 11.6 Å². The lowest BCUT2D eigenvalue weighted by atomic mass is 10.1. The molecule has 7 nitrogen and oxygen atoms in total. The van der Waals surface area contributed by atoms with Gasteiger partial charge in [0.15, 0.2) is 0 Å². The topological polar surface area (TPSA) is 93.5 Å². The molecule has 0 radical (unpaired) electrons. The van der Waals surface area contributed by atoms with Crippen LogP contribution in [0.15, 0.2) is 18.2 Å². The quantitative estimate of drug-likeness (QED) is 0.647. The Hall–Kier alpha value is -2.15. The molecule has 1 aliphatic heterocycles. The molecule has 1 atom stereocenters. The van der Waals surface area contributed by atoms with Crippen molar-refractivity contribution in [3.05, 3.63) is 33.9 Å². The summed E-state index contributed by atoms with van der Waals surface area (Å²) < 4.78 is 5.09. The van der Waals surface area contributed by atoms with Crippen molar-refractivity contribution in [3.63, 3.8) is 0 Å². The second-order valence-corrected chi connectivity index (χ2v) is 5.01. The highest BCUT2D eigenvalue weighted by Crippen LogP contribution is 2.24. The van der Waals surface area contributed by atoms with Crippen LogP contribution >= 0.6 is 0 Å². The summed E-state index contributed by atoms with van der Waals surface area (Å²) in [6, 6.07) is 4.07. The van der Waals surface area contributed by atoms with E-state index in [2.05, 4.69) is 10.6 Å². The van der Waals surface area contributed by atoms with Crippen LogP contribution in [0, 0.1) is 10.1 Å². The lowest BCUT2D eigenvalue weighted by Crippen LogP contribution is -2.40. The van der Waals surface area contributed by atoms with Gasteiger partial charge in [-0.05, 0) is 25.5 Å². The molecule has 114 valence electrons. The number of carbonyl (C=O) groups is 1. The highest BCUT2D eigenvalue weighted by Gasteiger charge is 2.20. The molecule has 2 rings (SSSR count). The van der Waals surface area contributed by atoms with E-state index in [0.29, 0.717) is 5.56 Å². The second-order valence-electron chi connectivity index (χ2n) is 5.01. The van der Waals surface area contributed by atoms with Crippen LogP contribution in [0.2, 0.25) is 0 Å². The molecule has 0 saturated carbocycles. The number of amides is 1. The molecular weight excluding hydrogens is 274 g/mol. The Labute approximate surface area is 122 Å². The summed E-state index contributed by atoms with van der Waals surface area (Å²) in [7, 11) is 1.39. The fraction of sp³-hybridized carbons (Fsp3) is 0.500. The molecule has 7 heteroatoms. The Balaban J connectivity index is 2.12. The summed E-state index contributed by atoms with van der Waals surface area (Å²) >= 11 is 0. The van der Waals surface area contributed by atoms with Crippen LogP contribution in [0.4, 0.5) is 5.69 Å². The van der Waals surface area contributed by atoms with E-state index in [1.807, 2.05) is 0 Å². The molecule has 1 saturated heterocycles. The lowest BCUT2D eigenvalue weighted by molar-refractivity contribution is -0.384. The molecule has 0 aromatic heterocycles. The number of carbonyl (C=O) groups excluding carboxylic acids is 1. The van der Waals surface area contributed by atoms with E-state index in [-0.39, 0.29) is 23.4 Å². The van der Waals surface area contributed by atoms with Crippen molar-refractivity contribution >= 4 is 11.6 Å². The third-order valence-corrected chi connectivity index (χ3v) is 3.52. The first-order chi connectivity index (χ1) is 10.1. The van der Waals surface area contributed by atoms with Gasteiger partial charge in [-0.15, -0.1) is 0 Å². The predicted octanol–water partition coefficient (Wildman–Crippen LogP) is 1.48. The smallest absolute Gasteiger partial charge is 0.273 e. The van der Waals surface area contributed by atoms with Crippen LogP contribution < -0.4 is 15.4 Å². The van der Waals surface area contributed by atoms with Crippen LogP contribution in [-0.4, -0.2) is 37.1 Å². The van der Waals surface area contributed by atoms with Crippen molar-refractivity contribution in [2.24, 2.45) is 0 Å². The Kier molecular flexibility index (Phi) is 5.10. The van der Waals surface area contributed by atoms with Gasteiger partial charge >= 0.3 is 0 Å². The van der Waals surface area contributed by atoms with E-state index in [9.17, 15) is 14.9 Å². The molecule has 1 heterocycles. The molecule has 1 aromatic rings. The second kappa shape index (κ2) is 7.03. The molecule has 2 N–H and O–H groups in total. The third kappa shape index (κ3) is 3.91. The van der Waals surface area contributed by atoms with E-state index >= 15 is 0 Å². The summed E-state index contributed by atoms with van der Waals surface area (Å²) in [6.45, 7) is 1.70. The molecule has 1 aliphatic rings. The average molecular weight is 293 g/mol. The third-order valence-electron chi connectivity index (χ3n) is 3.52. The summed E-state index contributed by atoms with van der Waals surface area (Å²) in [4.78, 5) is 22.5. The summed E-state index contributed by atoms with van der Waals surface area (Å²) in [5.74, 6) is -0.0567. The molecule has 1 aromatic carbocycles. The van der Waals surface area contributed by atoms with Crippen molar-refractivity contribution in [3.8, 4) is 5.75 Å². The molecule has 1 unspecified atom stereocenters. The number of nitro benzene ring substituents is 1. The van der Waals surface area contributed by atoms with Gasteiger partial charge in [0.2, 0.25) is 0 Å². The Morgan fingerprint density at radius 1 is 1.48 bits per heavy atom. The Morgan fingerprint density at radius 3 is 3.00 bits per heavy atom. The van der Waals surface area contributed by atoms with Gasteiger partial charge in [0, 0.05) is 18.7 Å². The molecular formula is C14H19N3O4. The maximum Gasteiger partial charge on any atom is 0.273 e. The largest absolute Gasteiger partial charge is 0.496 e. The summed E-state index contributed by atoms with van der Waals surface area (Å²) in [5, 5.41) is 17.0. The summed E-state index contributed by atoms with van der Waals surface area (Å²) in [5.41, 5.74) is 0.215. The molecule has 1 fully saturated rings. The standard InChI is InChI=1S/C14H19N3O4/c1-21-13-8-11(17(19)20)5-6-12(13)14(18)16-10-4-2-3-7-15-9-10/h5-6,8,10,15H,2-4,7,9H2,1H3,(H,16,18). The fourth-order valence-electron chi connectivity index (χ4n) is 2.39. The maximum absolute atomic E-state index is 12.3. The van der Waals surface area contributed by atoms with Crippen molar-refractivity contribution in [1.82, 2.24) is 10.6 Å². The number of hydrogen-bond acceptors (Lipinski definition) is 5. The van der Waals surface area contributed by atoms with Gasteiger partial charge in [0.05, 0.1) is 23.7 Å². The van der Waals surface area contributed by atoms with Gasteiger partial charge < -0.3 is 15.4 Å². The average Bonchev–Trinajstić information content (AvgIpc) is 2.75. The monoisotopic (exact) mass is 293 g/mol. The van der Waals surface area contributed by atoms with Gasteiger partial charge in [-0.3, -0.25) is 14.9 Å². The Morgan fingerprint density at radius 2 is 2.29 bits per heavy atom. The van der Waals surface area contributed by atoms with Gasteiger partial charge in [-0.1, -0.05) is 6.42 Å². The van der Waals surface area contributed by atoms with Crippen LogP contribution in [0.3, 0.4) is 0 Å². The molecule has 21 heavy (non-hydrogen) atoms. The van der Waals surface area contributed by atoms with Crippen molar-refractivity contribution < 1.29 is 14.5 Å². The molecule has 1 amide bonds. The summed E-state index contributed by atoms with van der Waals surface area (Å²) in [6.07, 6.45) is 3.09. The highest BCUT2D eigenvalue weighted by molar-refractivity contribution is 5.97. The first-order valence-electron chi connectivity index (χ1n) is 6.96. The van der Waals surface area contributed by atoms with E-state index in [4.69, 9.17) is 4.74 Å². The van der Waals surface area contributed by atoms with Crippen molar-refractivity contribution in [1.29, 1.82) is 0 Å². The number of hydrogen-bond donors (Lipinski definition) is 2. The molecule has 0 bridgehead atoms. The number of nitrogens with zero attached hydrogens (tertiary/aromatic N) is 1. The number of nitro groups is 1. The normalized spacial score (nSPS) is 18.6. The number of ether oxygens (including phenoxy) is 1. The van der Waals surface area contributed by atoms with Crippen LogP contribution in [0.5, 0.6) is 5.75 Å². The van der Waals surface area contributed by atoms with E-state index < -0.39 is 4.92 Å². The first kappa shape index (κ1) is 15.2. The van der Waals surface area contributed by atoms with Crippen molar-refractivity contribution in [2.75, 3.05) is 20.2 Å². The van der Waals surface area contributed by atoms with E-state index in [0.717, 1.165) is 32.4 Å². The zero-order valence-corrected chi connectivity index (χ0v) is 11.9. The highest BCUT2D eigenvalue weighted by atomic mass is 16.6. The Bertz CT molecular complexity index is 525. The number of methoxy groups -OCH3 is 1. The maximum atomic E-state index is 12.3. The van der Waals surface area contributed by atoms with E-state index in [1.165, 1.54) is 25.3 Å². The van der Waals surface area contributed by atoms with Crippen molar-refractivity contribution in [2.45, 2.75) is 25.3 Å². The predicted molar refractivity (Wildman–Crippen MR) is 77.6 cm³/mol. The van der Waals surface area contributed by atoms with E-state index in [1.54, 1.807) is 0 Å². The van der Waals surface area contributed by atoms with Crippen LogP contribution in [0.25, 0.3) is 0 Å². The SMILES string of the molecule is COc1cc([N+](=O)[O-])ccc1C(=O)NC1CCCCNC1. The zero-order chi connectivity index (χ0) is 15.2. The minimum atomic E-state index is -0.514. The van der Waals surface area contributed by atoms with Gasteiger partial charge in [-0.2, -0.15) is 0 Å². The van der Waals surface area contributed by atoms with Crippen LogP contribution in [0.1, 0.15) is 29.6 Å². The number of non-ortho nitro benzene ring substituents is 1. The van der Waals surface area contributed by atoms with Gasteiger partial charge in [-0.25, -0.2) is 0 Å². The number of nitrogens with one attached hydrogen (secondary N) is 2.